The van der Waals surface area contributed by atoms with Gasteiger partial charge in [0.15, 0.2) is 31.5 Å². The van der Waals surface area contributed by atoms with Gasteiger partial charge in [-0.2, -0.15) is 0 Å². The molecule has 0 radical (unpaired) electrons. The molecule has 6 rings (SSSR count). The van der Waals surface area contributed by atoms with Crippen molar-refractivity contribution in [3.8, 4) is 0 Å². The number of hydrogen-bond donors (Lipinski definition) is 23. The zero-order valence-electron chi connectivity index (χ0n) is 76.2. The molecule has 4 amide bonds. The van der Waals surface area contributed by atoms with Crippen LogP contribution in [0.1, 0.15) is 272 Å². The van der Waals surface area contributed by atoms with Gasteiger partial charge in [0.2, 0.25) is 23.6 Å². The van der Waals surface area contributed by atoms with E-state index in [1.165, 1.54) is 161 Å². The van der Waals surface area contributed by atoms with Crippen molar-refractivity contribution in [3.63, 3.8) is 0 Å². The molecule has 0 spiro atoms. The van der Waals surface area contributed by atoms with E-state index in [2.05, 4.69) is 35.1 Å². The van der Waals surface area contributed by atoms with E-state index in [1.807, 2.05) is 6.08 Å². The van der Waals surface area contributed by atoms with Gasteiger partial charge in [0.25, 0.3) is 5.79 Å². The zero-order valence-corrected chi connectivity index (χ0v) is 76.2. The van der Waals surface area contributed by atoms with Gasteiger partial charge in [0.1, 0.15) is 140 Å². The normalized spacial score (nSPS) is 34.3. The molecule has 40 nitrogen and oxygen atoms in total. The Morgan fingerprint density at radius 1 is 0.403 bits per heavy atom. The number of rotatable bonds is 64. The third kappa shape index (κ3) is 36.1. The summed E-state index contributed by atoms with van der Waals surface area (Å²) in [7, 11) is 0. The molecule has 0 bridgehead atoms. The summed E-state index contributed by atoms with van der Waals surface area (Å²) in [6.45, 7) is 0.129. The van der Waals surface area contributed by atoms with E-state index >= 15 is 0 Å². The highest BCUT2D eigenvalue weighted by atomic mass is 16.8. The van der Waals surface area contributed by atoms with Crippen molar-refractivity contribution in [3.05, 3.63) is 12.2 Å². The average Bonchev–Trinajstić information content (AvgIpc) is 0.748. The molecule has 129 heavy (non-hydrogen) atoms. The van der Waals surface area contributed by atoms with Crippen molar-refractivity contribution in [2.45, 2.75) is 474 Å². The summed E-state index contributed by atoms with van der Waals surface area (Å²) in [6, 6.07) is -6.67. The second-order valence-corrected chi connectivity index (χ2v) is 35.6. The first kappa shape index (κ1) is 114. The van der Waals surface area contributed by atoms with Crippen molar-refractivity contribution >= 4 is 29.6 Å². The first-order chi connectivity index (χ1) is 61.9. The summed E-state index contributed by atoms with van der Waals surface area (Å²) in [5.74, 6) is -8.64. The molecular weight excluding hydrogens is 1700 g/mol. The highest BCUT2D eigenvalue weighted by Crippen LogP contribution is 2.42. The molecule has 12 unspecified atom stereocenters. The lowest BCUT2D eigenvalue weighted by Gasteiger charge is -2.52. The molecule has 0 aromatic rings. The van der Waals surface area contributed by atoms with Crippen molar-refractivity contribution in [2.24, 2.45) is 0 Å². The number of allylic oxidation sites excluding steroid dienone is 1. The van der Waals surface area contributed by atoms with Crippen LogP contribution in [0.3, 0.4) is 0 Å². The Hall–Kier alpha value is -4.11. The van der Waals surface area contributed by atoms with Gasteiger partial charge in [-0.25, -0.2) is 4.79 Å². The smallest absolute Gasteiger partial charge is 0.364 e. The molecule has 752 valence electrons. The third-order valence-electron chi connectivity index (χ3n) is 25.1. The van der Waals surface area contributed by atoms with Gasteiger partial charge >= 0.3 is 5.97 Å². The minimum Gasteiger partial charge on any atom is -0.477 e. The summed E-state index contributed by atoms with van der Waals surface area (Å²) in [5.41, 5.74) is 0. The molecule has 0 saturated carbocycles. The van der Waals surface area contributed by atoms with E-state index in [4.69, 9.17) is 56.8 Å². The number of nitrogens with one attached hydrogen (secondary N) is 4. The molecule has 6 aliphatic heterocycles. The molecule has 6 fully saturated rings. The van der Waals surface area contributed by atoms with Crippen LogP contribution in [-0.2, 0) is 80.8 Å². The number of ether oxygens (including phenoxy) is 12. The molecular formula is C89H160N4O36. The van der Waals surface area contributed by atoms with Crippen LogP contribution < -0.4 is 21.3 Å². The quantitative estimate of drug-likeness (QED) is 0.0282. The largest absolute Gasteiger partial charge is 0.477 e. The van der Waals surface area contributed by atoms with Crippen molar-refractivity contribution in [1.29, 1.82) is 0 Å². The van der Waals surface area contributed by atoms with E-state index in [0.717, 1.165) is 72.1 Å². The Bertz CT molecular complexity index is 3110. The maximum absolute atomic E-state index is 13.8. The van der Waals surface area contributed by atoms with Crippen LogP contribution in [0.15, 0.2) is 12.2 Å². The highest BCUT2D eigenvalue weighted by molar-refractivity contribution is 5.77. The van der Waals surface area contributed by atoms with Crippen molar-refractivity contribution in [1.82, 2.24) is 21.3 Å². The van der Waals surface area contributed by atoms with E-state index in [1.54, 1.807) is 6.08 Å². The van der Waals surface area contributed by atoms with Crippen LogP contribution in [0.2, 0.25) is 0 Å². The van der Waals surface area contributed by atoms with Crippen LogP contribution in [-0.4, -0.2) is 375 Å². The number of aliphatic carboxylic acids is 1. The van der Waals surface area contributed by atoms with Gasteiger partial charge in [-0.3, -0.25) is 19.2 Å². The number of hydrogen-bond acceptors (Lipinski definition) is 35. The molecule has 0 aromatic heterocycles. The fourth-order valence-electron chi connectivity index (χ4n) is 17.6. The number of unbranched alkanes of at least 4 members (excludes halogenated alkanes) is 33. The van der Waals surface area contributed by atoms with Gasteiger partial charge in [-0.15, -0.1) is 0 Å². The standard InChI is InChI=1S/C89H160N4O36/c1-6-8-10-12-14-16-18-20-21-22-23-24-25-26-27-28-29-31-33-35-37-39-41-43-64(106)93-55(56(103)42-40-38-36-34-32-30-19-17-15-13-11-9-7-2)51-118-85-74(113)73(112)78(62(49-98)122-85)125-86-75(114)81(70(109)60(47-96)120-86)127-84-67(92-54(5)102)72(111)77(61(48-97)121-84)124-87-76(115)82(79(63(50-99)123-87)126-83-66(91-53(4)101)71(110)69(108)59(46-95)119-83)129-89(88(116)117)44-57(104)65(90-52(3)100)80(128-89)68(107)58(105)45-94/h40,42,55-63,65-87,94-99,103-105,107-115H,6-39,41,43-51H2,1-5H3,(H,90,100)(H,91,101)(H,92,102)(H,93,106)(H,116,117)/b42-40+/t55-,56+,57?,58+,59?,60?,61?,62?,63?,65+,66?,67?,68+,69-,70-,71+,72+,73+,74?,75?,76?,77+,78+,79-,80?,81-,82+,83-,84-,85+,86-,87-,89-/m0/s1. The first-order valence-electron chi connectivity index (χ1n) is 47.6. The minimum atomic E-state index is -3.39. The van der Waals surface area contributed by atoms with Gasteiger partial charge < -0.3 is 175 Å². The highest BCUT2D eigenvalue weighted by Gasteiger charge is 2.63. The molecule has 40 heteroatoms. The van der Waals surface area contributed by atoms with Crippen LogP contribution >= 0.6 is 0 Å². The second kappa shape index (κ2) is 61.2. The molecule has 6 saturated heterocycles. The Balaban J connectivity index is 1.13. The first-order valence-corrected chi connectivity index (χ1v) is 47.6. The molecule has 33 atom stereocenters. The van der Waals surface area contributed by atoms with Crippen LogP contribution in [0, 0.1) is 0 Å². The Morgan fingerprint density at radius 2 is 0.775 bits per heavy atom. The molecule has 6 heterocycles. The number of aliphatic hydroxyl groups is 18. The number of amides is 4. The van der Waals surface area contributed by atoms with Crippen LogP contribution in [0.25, 0.3) is 0 Å². The van der Waals surface area contributed by atoms with E-state index in [0.29, 0.717) is 12.8 Å². The zero-order chi connectivity index (χ0) is 94.7. The fourth-order valence-corrected chi connectivity index (χ4v) is 17.6. The number of carboxylic acids is 1. The summed E-state index contributed by atoms with van der Waals surface area (Å²) in [6.07, 6.45) is -14.0. The monoisotopic (exact) mass is 1860 g/mol. The Labute approximate surface area is 758 Å². The second-order valence-electron chi connectivity index (χ2n) is 35.6. The van der Waals surface area contributed by atoms with Crippen molar-refractivity contribution in [2.75, 3.05) is 46.2 Å². The van der Waals surface area contributed by atoms with Gasteiger partial charge in [0, 0.05) is 33.6 Å². The minimum absolute atomic E-state index is 0.153. The van der Waals surface area contributed by atoms with Crippen molar-refractivity contribution < 1.29 is 178 Å². The van der Waals surface area contributed by atoms with Crippen LogP contribution in [0.4, 0.5) is 0 Å². The van der Waals surface area contributed by atoms with E-state index in [-0.39, 0.29) is 12.3 Å². The lowest BCUT2D eigenvalue weighted by molar-refractivity contribution is -0.401. The van der Waals surface area contributed by atoms with E-state index < -0.39 is 278 Å². The Morgan fingerprint density at radius 3 is 1.22 bits per heavy atom. The van der Waals surface area contributed by atoms with Gasteiger partial charge in [0.05, 0.1) is 70.5 Å². The topological polar surface area (TPSA) is 629 Å². The van der Waals surface area contributed by atoms with Gasteiger partial charge in [-0.1, -0.05) is 231 Å². The predicted molar refractivity (Wildman–Crippen MR) is 460 cm³/mol. The number of carbonyl (C=O) groups is 5. The lowest BCUT2D eigenvalue weighted by Crippen LogP contribution is -2.72. The summed E-state index contributed by atoms with van der Waals surface area (Å²) < 4.78 is 72.2. The summed E-state index contributed by atoms with van der Waals surface area (Å²) in [4.78, 5) is 65.6. The molecule has 0 aromatic carbocycles. The fraction of sp³-hybridized carbons (Fsp3) is 0.921. The average molecular weight is 1860 g/mol. The van der Waals surface area contributed by atoms with Crippen LogP contribution in [0.5, 0.6) is 0 Å². The molecule has 6 aliphatic rings. The molecule has 23 N–H and O–H groups in total. The number of carbonyl (C=O) groups excluding carboxylic acids is 4. The maximum Gasteiger partial charge on any atom is 0.364 e. The van der Waals surface area contributed by atoms with E-state index in [9.17, 15) is 121 Å². The predicted octanol–water partition coefficient (Wildman–Crippen LogP) is 0.0464. The van der Waals surface area contributed by atoms with Gasteiger partial charge in [-0.05, 0) is 19.3 Å². The summed E-state index contributed by atoms with van der Waals surface area (Å²) in [5, 5.41) is 225. The molecule has 0 aliphatic carbocycles. The maximum atomic E-state index is 13.8. The Kier molecular flexibility index (Phi) is 53.9. The lowest BCUT2D eigenvalue weighted by atomic mass is 9.88. The SMILES string of the molecule is CCCCCCCCCCCCC/C=C/[C@@H](O)[C@H](CO[C@@H]1OC(CO)[C@@H](O[C@@H]2OC(CO)[C@H](O)[C@H](O[C@@H]3OC(CO)[C@@H](O[C@@H]4OC(CO)[C@H](O[C@@H]5OC(CO)[C@H](O)[C@H](O)C5NC(C)=O)[C@H](O[C@]5(C(=O)O)CC(O)[C@@H](NC(C)=O)C([C@H](O)[C@H](O)CO)O5)C4O)[C@H](O)C3NC(C)=O)C2O)[C@H](O)C1O)NC(=O)CCCCCCCCCCCCCCCCCCCCCCCCC. The number of aliphatic hydroxyl groups excluding tert-OH is 18. The third-order valence-corrected chi connectivity index (χ3v) is 25.1. The number of carboxylic acid groups (broad SMARTS) is 1. The summed E-state index contributed by atoms with van der Waals surface area (Å²) >= 11 is 0.